The van der Waals surface area contributed by atoms with Crippen LogP contribution in [0, 0.1) is 0 Å². The molecule has 6 nitrogen and oxygen atoms in total. The Hall–Kier alpha value is -1.72. The van der Waals surface area contributed by atoms with Crippen LogP contribution in [0.4, 0.5) is 11.5 Å². The molecule has 0 aliphatic heterocycles. The van der Waals surface area contributed by atoms with Crippen molar-refractivity contribution in [3.05, 3.63) is 5.69 Å². The molecule has 1 aromatic heterocycles. The van der Waals surface area contributed by atoms with E-state index in [0.717, 1.165) is 0 Å². The number of anilines is 2. The zero-order chi connectivity index (χ0) is 7.72. The van der Waals surface area contributed by atoms with Crippen molar-refractivity contribution >= 4 is 17.4 Å². The normalized spacial score (nSPS) is 9.60. The summed E-state index contributed by atoms with van der Waals surface area (Å²) < 4.78 is 0. The molecule has 0 atom stereocenters. The van der Waals surface area contributed by atoms with Gasteiger partial charge < -0.3 is 17.2 Å². The van der Waals surface area contributed by atoms with E-state index in [9.17, 15) is 4.79 Å². The van der Waals surface area contributed by atoms with Gasteiger partial charge in [-0.2, -0.15) is 5.10 Å². The van der Waals surface area contributed by atoms with Crippen molar-refractivity contribution in [3.8, 4) is 0 Å². The number of hydrogen-bond acceptors (Lipinski definition) is 4. The van der Waals surface area contributed by atoms with Crippen LogP contribution in [-0.4, -0.2) is 16.1 Å². The number of rotatable bonds is 1. The van der Waals surface area contributed by atoms with Crippen molar-refractivity contribution in [1.29, 1.82) is 0 Å². The lowest BCUT2D eigenvalue weighted by atomic mass is 10.3. The summed E-state index contributed by atoms with van der Waals surface area (Å²) in [7, 11) is 0. The van der Waals surface area contributed by atoms with Crippen molar-refractivity contribution < 1.29 is 4.79 Å². The number of primary amides is 1. The van der Waals surface area contributed by atoms with Crippen molar-refractivity contribution in [2.45, 2.75) is 0 Å². The lowest BCUT2D eigenvalue weighted by Gasteiger charge is -1.89. The zero-order valence-corrected chi connectivity index (χ0v) is 5.09. The molecular weight excluding hydrogens is 134 g/mol. The van der Waals surface area contributed by atoms with E-state index in [0.29, 0.717) is 0 Å². The molecule has 0 aliphatic carbocycles. The van der Waals surface area contributed by atoms with Gasteiger partial charge in [-0.1, -0.05) is 0 Å². The third-order valence-corrected chi connectivity index (χ3v) is 1.08. The Kier molecular flexibility index (Phi) is 1.22. The fraction of sp³-hybridized carbons (Fsp3) is 0. The monoisotopic (exact) mass is 141 g/mol. The first-order valence-electron chi connectivity index (χ1n) is 2.52. The minimum Gasteiger partial charge on any atom is -0.394 e. The molecule has 0 spiro atoms. The molecule has 0 saturated heterocycles. The highest BCUT2D eigenvalue weighted by Gasteiger charge is 2.10. The van der Waals surface area contributed by atoms with E-state index in [-0.39, 0.29) is 17.2 Å². The number of nitrogens with two attached hydrogens (primary N) is 3. The lowest BCUT2D eigenvalue weighted by molar-refractivity contribution is 0.0996. The Balaban J connectivity index is 3.17. The second-order valence-electron chi connectivity index (χ2n) is 1.76. The van der Waals surface area contributed by atoms with Crippen LogP contribution in [0.1, 0.15) is 10.5 Å². The highest BCUT2D eigenvalue weighted by atomic mass is 16.1. The Morgan fingerprint density at radius 1 is 1.50 bits per heavy atom. The number of nitrogens with zero attached hydrogens (tertiary/aromatic N) is 1. The van der Waals surface area contributed by atoms with E-state index in [1.54, 1.807) is 0 Å². The quantitative estimate of drug-likeness (QED) is 0.387. The summed E-state index contributed by atoms with van der Waals surface area (Å²) in [5.74, 6) is -0.574. The number of hydrogen-bond donors (Lipinski definition) is 4. The van der Waals surface area contributed by atoms with Crippen LogP contribution < -0.4 is 17.2 Å². The molecule has 0 radical (unpaired) electrons. The van der Waals surface area contributed by atoms with Crippen LogP contribution in [-0.2, 0) is 0 Å². The molecule has 0 bridgehead atoms. The van der Waals surface area contributed by atoms with E-state index in [2.05, 4.69) is 10.2 Å². The number of aromatic amines is 1. The molecule has 1 rings (SSSR count). The number of carbonyl (C=O) groups excluding carboxylic acids is 1. The summed E-state index contributed by atoms with van der Waals surface area (Å²) in [4.78, 5) is 10.5. The third kappa shape index (κ3) is 0.750. The summed E-state index contributed by atoms with van der Waals surface area (Å²) in [6, 6.07) is 0. The van der Waals surface area contributed by atoms with Gasteiger partial charge >= 0.3 is 0 Å². The van der Waals surface area contributed by atoms with Crippen molar-refractivity contribution in [2.24, 2.45) is 5.73 Å². The first-order chi connectivity index (χ1) is 4.63. The van der Waals surface area contributed by atoms with Crippen molar-refractivity contribution in [1.82, 2.24) is 10.2 Å². The maximum absolute atomic E-state index is 10.5. The Morgan fingerprint density at radius 3 is 2.30 bits per heavy atom. The molecule has 10 heavy (non-hydrogen) atoms. The molecule has 54 valence electrons. The zero-order valence-electron chi connectivity index (χ0n) is 5.09. The Bertz CT molecular complexity index is 265. The van der Waals surface area contributed by atoms with Gasteiger partial charge in [-0.3, -0.25) is 9.89 Å². The van der Waals surface area contributed by atoms with Crippen LogP contribution in [0.2, 0.25) is 0 Å². The maximum Gasteiger partial charge on any atom is 0.268 e. The molecule has 6 heteroatoms. The molecule has 0 fully saturated rings. The van der Waals surface area contributed by atoms with Gasteiger partial charge in [-0.05, 0) is 0 Å². The summed E-state index contributed by atoms with van der Waals surface area (Å²) >= 11 is 0. The van der Waals surface area contributed by atoms with Gasteiger partial charge in [0.15, 0.2) is 5.82 Å². The van der Waals surface area contributed by atoms with Gasteiger partial charge in [0, 0.05) is 0 Å². The first kappa shape index (κ1) is 6.40. The summed E-state index contributed by atoms with van der Waals surface area (Å²) in [6.07, 6.45) is 0. The fourth-order valence-electron chi connectivity index (χ4n) is 0.552. The average Bonchev–Trinajstić information content (AvgIpc) is 2.14. The van der Waals surface area contributed by atoms with Crippen molar-refractivity contribution in [2.75, 3.05) is 11.5 Å². The second kappa shape index (κ2) is 1.90. The number of aromatic nitrogens is 2. The molecule has 0 aromatic carbocycles. The van der Waals surface area contributed by atoms with Crippen LogP contribution in [0.3, 0.4) is 0 Å². The standard InChI is InChI=1S/C4H7N5O/c5-1-2(4(7)10)8-9-3(1)6/h5H2,(H2,7,10)(H3,6,8,9). The highest BCUT2D eigenvalue weighted by Crippen LogP contribution is 2.13. The predicted octanol–water partition coefficient (Wildman–Crippen LogP) is -1.33. The summed E-state index contributed by atoms with van der Waals surface area (Å²) in [5.41, 5.74) is 15.5. The highest BCUT2D eigenvalue weighted by molar-refractivity contribution is 5.98. The number of carbonyl (C=O) groups is 1. The van der Waals surface area contributed by atoms with Gasteiger partial charge in [0.2, 0.25) is 0 Å². The second-order valence-corrected chi connectivity index (χ2v) is 1.76. The van der Waals surface area contributed by atoms with Gasteiger partial charge in [0.1, 0.15) is 11.4 Å². The smallest absolute Gasteiger partial charge is 0.268 e. The van der Waals surface area contributed by atoms with E-state index < -0.39 is 5.91 Å². The molecule has 0 unspecified atom stereocenters. The summed E-state index contributed by atoms with van der Waals surface area (Å²) in [6.45, 7) is 0. The minimum atomic E-state index is -0.665. The Morgan fingerprint density at radius 2 is 2.10 bits per heavy atom. The third-order valence-electron chi connectivity index (χ3n) is 1.08. The van der Waals surface area contributed by atoms with E-state index in [1.807, 2.05) is 0 Å². The Labute approximate surface area is 56.4 Å². The topological polar surface area (TPSA) is 124 Å². The largest absolute Gasteiger partial charge is 0.394 e. The van der Waals surface area contributed by atoms with Gasteiger partial charge in [-0.25, -0.2) is 0 Å². The van der Waals surface area contributed by atoms with Gasteiger partial charge in [0.25, 0.3) is 5.91 Å². The van der Waals surface area contributed by atoms with Crippen LogP contribution in [0.25, 0.3) is 0 Å². The number of amides is 1. The van der Waals surface area contributed by atoms with E-state index in [4.69, 9.17) is 17.2 Å². The van der Waals surface area contributed by atoms with Gasteiger partial charge in [-0.15, -0.1) is 0 Å². The first-order valence-corrected chi connectivity index (χ1v) is 2.52. The SMILES string of the molecule is NC(=O)c1[nH]nc(N)c1N. The van der Waals surface area contributed by atoms with Crippen LogP contribution in [0.5, 0.6) is 0 Å². The molecular formula is C4H7N5O. The molecule has 1 amide bonds. The van der Waals surface area contributed by atoms with Crippen molar-refractivity contribution in [3.63, 3.8) is 0 Å². The van der Waals surface area contributed by atoms with E-state index in [1.165, 1.54) is 0 Å². The number of nitrogens with one attached hydrogen (secondary N) is 1. The molecule has 1 heterocycles. The molecule has 1 aromatic rings. The van der Waals surface area contributed by atoms with Crippen LogP contribution >= 0.6 is 0 Å². The number of nitrogen functional groups attached to an aromatic ring is 2. The predicted molar refractivity (Wildman–Crippen MR) is 35.9 cm³/mol. The van der Waals surface area contributed by atoms with E-state index >= 15 is 0 Å². The average molecular weight is 141 g/mol. The fourth-order valence-corrected chi connectivity index (χ4v) is 0.552. The minimum absolute atomic E-state index is 0.0532. The maximum atomic E-state index is 10.5. The number of H-pyrrole nitrogens is 1. The van der Waals surface area contributed by atoms with Gasteiger partial charge in [0.05, 0.1) is 0 Å². The van der Waals surface area contributed by atoms with Crippen LogP contribution in [0.15, 0.2) is 0 Å². The lowest BCUT2D eigenvalue weighted by Crippen LogP contribution is -2.13. The molecule has 0 aliphatic rings. The summed E-state index contributed by atoms with van der Waals surface area (Å²) in [5, 5.41) is 5.76. The molecule has 0 saturated carbocycles. The molecule has 7 N–H and O–H groups in total.